The molecule has 0 saturated carbocycles. The van der Waals surface area contributed by atoms with Crippen LogP contribution in [-0.4, -0.2) is 62.0 Å². The number of sulfonamides is 1. The average Bonchev–Trinajstić information content (AvgIpc) is 2.88. The Morgan fingerprint density at radius 1 is 1.38 bits per heavy atom. The van der Waals surface area contributed by atoms with Crippen LogP contribution in [0.1, 0.15) is 19.8 Å². The van der Waals surface area contributed by atoms with E-state index in [0.717, 1.165) is 5.82 Å². The lowest BCUT2D eigenvalue weighted by Crippen LogP contribution is -2.32. The molecule has 21 heavy (non-hydrogen) atoms. The summed E-state index contributed by atoms with van der Waals surface area (Å²) in [6, 6.07) is 3.58. The van der Waals surface area contributed by atoms with Crippen LogP contribution in [0.2, 0.25) is 0 Å². The largest absolute Gasteiger partial charge is 0.472 e. The Kier molecular flexibility index (Phi) is 5.00. The molecule has 118 valence electrons. The second-order valence-electron chi connectivity index (χ2n) is 5.33. The first-order chi connectivity index (χ1) is 9.92. The van der Waals surface area contributed by atoms with Gasteiger partial charge in [0.05, 0.1) is 12.3 Å². The van der Waals surface area contributed by atoms with E-state index >= 15 is 0 Å². The van der Waals surface area contributed by atoms with Gasteiger partial charge >= 0.3 is 0 Å². The zero-order valence-electron chi connectivity index (χ0n) is 12.7. The van der Waals surface area contributed by atoms with E-state index in [1.165, 1.54) is 4.31 Å². The highest BCUT2D eigenvalue weighted by atomic mass is 32.2. The molecule has 7 nitrogen and oxygen atoms in total. The molecule has 2 heterocycles. The van der Waals surface area contributed by atoms with Crippen molar-refractivity contribution in [3.05, 3.63) is 12.1 Å². The zero-order chi connectivity index (χ0) is 15.5. The first-order valence-corrected chi connectivity index (χ1v) is 8.69. The Balaban J connectivity index is 1.93. The van der Waals surface area contributed by atoms with Gasteiger partial charge in [-0.2, -0.15) is 4.31 Å². The summed E-state index contributed by atoms with van der Waals surface area (Å²) in [4.78, 5) is 1.85. The lowest BCUT2D eigenvalue weighted by molar-refractivity contribution is 0.204. The Morgan fingerprint density at radius 2 is 2.14 bits per heavy atom. The van der Waals surface area contributed by atoms with Gasteiger partial charge in [0.25, 0.3) is 0 Å². The van der Waals surface area contributed by atoms with Crippen molar-refractivity contribution in [2.45, 2.75) is 25.9 Å². The summed E-state index contributed by atoms with van der Waals surface area (Å²) in [6.07, 6.45) is 1.15. The number of nitrogens with zero attached hydrogens (tertiary/aromatic N) is 4. The third kappa shape index (κ3) is 4.04. The van der Waals surface area contributed by atoms with E-state index in [9.17, 15) is 8.42 Å². The van der Waals surface area contributed by atoms with Crippen molar-refractivity contribution in [1.29, 1.82) is 0 Å². The SMILES string of the molecule is CCCS(=O)(=O)N1CC[C@H](Oc2ccc(N(C)C)nn2)C1. The highest BCUT2D eigenvalue weighted by Crippen LogP contribution is 2.20. The molecule has 1 aliphatic heterocycles. The summed E-state index contributed by atoms with van der Waals surface area (Å²) in [5.74, 6) is 1.37. The summed E-state index contributed by atoms with van der Waals surface area (Å²) < 4.78 is 31.2. The predicted molar refractivity (Wildman–Crippen MR) is 81.0 cm³/mol. The first-order valence-electron chi connectivity index (χ1n) is 7.08. The normalized spacial score (nSPS) is 19.7. The van der Waals surface area contributed by atoms with Crippen molar-refractivity contribution in [3.8, 4) is 5.88 Å². The van der Waals surface area contributed by atoms with Gasteiger partial charge in [-0.05, 0) is 18.9 Å². The average molecular weight is 314 g/mol. The monoisotopic (exact) mass is 314 g/mol. The predicted octanol–water partition coefficient (Wildman–Crippen LogP) is 0.736. The fraction of sp³-hybridized carbons (Fsp3) is 0.692. The van der Waals surface area contributed by atoms with E-state index in [1.807, 2.05) is 32.0 Å². The standard InChI is InChI=1S/C13H22N4O3S/c1-4-9-21(18,19)17-8-7-11(10-17)20-13-6-5-12(14-15-13)16(2)3/h5-6,11H,4,7-10H2,1-3H3/t11-/m0/s1. The summed E-state index contributed by atoms with van der Waals surface area (Å²) in [5.41, 5.74) is 0. The van der Waals surface area contributed by atoms with Gasteiger partial charge in [-0.25, -0.2) is 8.42 Å². The molecule has 0 radical (unpaired) electrons. The third-order valence-corrected chi connectivity index (χ3v) is 5.38. The van der Waals surface area contributed by atoms with Crippen LogP contribution < -0.4 is 9.64 Å². The van der Waals surface area contributed by atoms with Gasteiger partial charge in [0, 0.05) is 26.7 Å². The lowest BCUT2D eigenvalue weighted by atomic mass is 10.3. The smallest absolute Gasteiger partial charge is 0.233 e. The Hall–Kier alpha value is -1.41. The van der Waals surface area contributed by atoms with Gasteiger partial charge in [-0.15, -0.1) is 10.2 Å². The highest BCUT2D eigenvalue weighted by molar-refractivity contribution is 7.89. The Bertz CT molecular complexity index is 559. The number of ether oxygens (including phenoxy) is 1. The molecule has 1 fully saturated rings. The van der Waals surface area contributed by atoms with Crippen LogP contribution in [0, 0.1) is 0 Å². The van der Waals surface area contributed by atoms with Crippen molar-refractivity contribution in [3.63, 3.8) is 0 Å². The molecule has 0 bridgehead atoms. The fourth-order valence-corrected chi connectivity index (χ4v) is 3.77. The van der Waals surface area contributed by atoms with E-state index in [1.54, 1.807) is 6.07 Å². The number of rotatable bonds is 6. The maximum Gasteiger partial charge on any atom is 0.233 e. The Morgan fingerprint density at radius 3 is 2.71 bits per heavy atom. The molecule has 8 heteroatoms. The lowest BCUT2D eigenvalue weighted by Gasteiger charge is -2.16. The van der Waals surface area contributed by atoms with Crippen LogP contribution in [0.25, 0.3) is 0 Å². The number of hydrogen-bond donors (Lipinski definition) is 0. The summed E-state index contributed by atoms with van der Waals surface area (Å²) in [7, 11) is 0.631. The van der Waals surface area contributed by atoms with Gasteiger partial charge in [0.15, 0.2) is 5.82 Å². The molecule has 0 amide bonds. The fourth-order valence-electron chi connectivity index (χ4n) is 2.22. The topological polar surface area (TPSA) is 75.6 Å². The van der Waals surface area contributed by atoms with Crippen LogP contribution >= 0.6 is 0 Å². The van der Waals surface area contributed by atoms with Crippen molar-refractivity contribution < 1.29 is 13.2 Å². The minimum absolute atomic E-state index is 0.156. The first kappa shape index (κ1) is 16.0. The third-order valence-electron chi connectivity index (χ3n) is 3.33. The van der Waals surface area contributed by atoms with E-state index in [-0.39, 0.29) is 11.9 Å². The van der Waals surface area contributed by atoms with E-state index in [0.29, 0.717) is 31.8 Å². The van der Waals surface area contributed by atoms with E-state index in [4.69, 9.17) is 4.74 Å². The maximum absolute atomic E-state index is 12.0. The minimum Gasteiger partial charge on any atom is -0.472 e. The van der Waals surface area contributed by atoms with Gasteiger partial charge < -0.3 is 9.64 Å². The molecule has 1 aromatic heterocycles. The van der Waals surface area contributed by atoms with Crippen molar-refractivity contribution in [1.82, 2.24) is 14.5 Å². The summed E-state index contributed by atoms with van der Waals surface area (Å²) in [5, 5.41) is 8.04. The Labute approximate surface area is 126 Å². The second-order valence-corrected chi connectivity index (χ2v) is 7.42. The maximum atomic E-state index is 12.0. The minimum atomic E-state index is -3.14. The van der Waals surface area contributed by atoms with Gasteiger partial charge in [0.2, 0.25) is 15.9 Å². The summed E-state index contributed by atoms with van der Waals surface area (Å²) >= 11 is 0. The summed E-state index contributed by atoms with van der Waals surface area (Å²) in [6.45, 7) is 2.76. The number of hydrogen-bond acceptors (Lipinski definition) is 6. The molecule has 1 saturated heterocycles. The van der Waals surface area contributed by atoms with Gasteiger partial charge in [-0.1, -0.05) is 6.92 Å². The van der Waals surface area contributed by atoms with Crippen molar-refractivity contribution in [2.24, 2.45) is 0 Å². The van der Waals surface area contributed by atoms with Gasteiger partial charge in [-0.3, -0.25) is 0 Å². The highest BCUT2D eigenvalue weighted by Gasteiger charge is 2.32. The molecule has 0 unspecified atom stereocenters. The molecular weight excluding hydrogens is 292 g/mol. The van der Waals surface area contributed by atoms with Crippen LogP contribution in [0.15, 0.2) is 12.1 Å². The quantitative estimate of drug-likeness (QED) is 0.771. The van der Waals surface area contributed by atoms with Crippen LogP contribution in [-0.2, 0) is 10.0 Å². The van der Waals surface area contributed by atoms with Crippen LogP contribution in [0.5, 0.6) is 5.88 Å². The van der Waals surface area contributed by atoms with E-state index in [2.05, 4.69) is 10.2 Å². The number of anilines is 1. The number of aromatic nitrogens is 2. The van der Waals surface area contributed by atoms with Crippen molar-refractivity contribution >= 4 is 15.8 Å². The van der Waals surface area contributed by atoms with Gasteiger partial charge in [0.1, 0.15) is 6.10 Å². The molecule has 0 aromatic carbocycles. The molecule has 1 atom stereocenters. The molecule has 0 spiro atoms. The van der Waals surface area contributed by atoms with Crippen LogP contribution in [0.3, 0.4) is 0 Å². The van der Waals surface area contributed by atoms with Crippen molar-refractivity contribution in [2.75, 3.05) is 37.8 Å². The molecule has 1 aliphatic rings. The molecule has 0 aliphatic carbocycles. The van der Waals surface area contributed by atoms with E-state index < -0.39 is 10.0 Å². The molecule has 2 rings (SSSR count). The second kappa shape index (κ2) is 6.57. The molecule has 0 N–H and O–H groups in total. The molecule has 1 aromatic rings. The molecular formula is C13H22N4O3S. The van der Waals surface area contributed by atoms with Crippen LogP contribution in [0.4, 0.5) is 5.82 Å². The zero-order valence-corrected chi connectivity index (χ0v) is 13.5.